The molecule has 0 aliphatic rings. The van der Waals surface area contributed by atoms with Crippen LogP contribution in [0.15, 0.2) is 84.9 Å². The highest BCUT2D eigenvalue weighted by molar-refractivity contribution is 7.33. The summed E-state index contributed by atoms with van der Waals surface area (Å²) in [6, 6.07) is 20.6. The summed E-state index contributed by atoms with van der Waals surface area (Å²) in [6.45, 7) is 0. The quantitative estimate of drug-likeness (QED) is 0.234. The molecule has 0 atom stereocenters. The third kappa shape index (κ3) is 3.92. The maximum Gasteiger partial charge on any atom is 0.710 e. The predicted molar refractivity (Wildman–Crippen MR) is 105 cm³/mol. The molecule has 152 valence electrons. The maximum absolute atomic E-state index is 14.6. The molecule has 4 rings (SSSR count). The van der Waals surface area contributed by atoms with Crippen LogP contribution in [0.5, 0.6) is 0 Å². The Morgan fingerprint density at radius 1 is 0.567 bits per heavy atom. The van der Waals surface area contributed by atoms with Gasteiger partial charge < -0.3 is 0 Å². The first-order valence-corrected chi connectivity index (χ1v) is 9.95. The van der Waals surface area contributed by atoms with Crippen LogP contribution in [0.25, 0.3) is 21.5 Å². The lowest BCUT2D eigenvalue weighted by molar-refractivity contribution is -0.219. The van der Waals surface area contributed by atoms with Gasteiger partial charge in [0.2, 0.25) is 0 Å². The zero-order valence-corrected chi connectivity index (χ0v) is 16.2. The van der Waals surface area contributed by atoms with Crippen molar-refractivity contribution in [2.45, 2.75) is 12.2 Å². The van der Waals surface area contributed by atoms with Gasteiger partial charge in [-0.2, -0.15) is 17.6 Å². The van der Waals surface area contributed by atoms with Crippen molar-refractivity contribution in [2.75, 3.05) is 0 Å². The van der Waals surface area contributed by atoms with E-state index in [4.69, 9.17) is 0 Å². The molecule has 0 unspecified atom stereocenters. The number of alkyl halides is 4. The predicted octanol–water partition coefficient (Wildman–Crippen LogP) is 7.48. The second-order valence-electron chi connectivity index (χ2n) is 6.49. The van der Waals surface area contributed by atoms with Crippen LogP contribution in [-0.4, -0.2) is 0 Å². The Morgan fingerprint density at radius 3 is 1.37 bits per heavy atom. The molecule has 0 amide bonds. The summed E-state index contributed by atoms with van der Waals surface area (Å²) in [5.41, 5.74) is -1.19. The largest absolute Gasteiger partial charge is 0.710 e. The van der Waals surface area contributed by atoms with Crippen LogP contribution >= 0.6 is 8.25 Å². The maximum atomic E-state index is 14.6. The highest BCUT2D eigenvalue weighted by Gasteiger charge is 2.52. The van der Waals surface area contributed by atoms with Crippen LogP contribution in [0.3, 0.4) is 0 Å². The van der Waals surface area contributed by atoms with E-state index < -0.39 is 31.6 Å². The molecule has 4 aromatic carbocycles. The van der Waals surface area contributed by atoms with Gasteiger partial charge in [0.25, 0.3) is 0 Å². The standard InChI is InChI=1S/C22H14F4O3P/c23-21(24,19-13-5-9-15-7-1-3-11-17(15)19)28-30(27)29-22(25,26)20-14-6-10-16-8-2-4-12-18(16)20/h1-14H/q+1. The molecule has 0 aromatic heterocycles. The van der Waals surface area contributed by atoms with Crippen LogP contribution in [0.2, 0.25) is 0 Å². The molecule has 0 heterocycles. The van der Waals surface area contributed by atoms with Gasteiger partial charge in [0.05, 0.1) is 11.1 Å². The van der Waals surface area contributed by atoms with Crippen molar-refractivity contribution in [3.63, 3.8) is 0 Å². The Kier molecular flexibility index (Phi) is 5.28. The van der Waals surface area contributed by atoms with Gasteiger partial charge in [0.1, 0.15) is 0 Å². The van der Waals surface area contributed by atoms with E-state index >= 15 is 0 Å². The van der Waals surface area contributed by atoms with Gasteiger partial charge in [-0.15, -0.1) is 0 Å². The van der Waals surface area contributed by atoms with Gasteiger partial charge in [0, 0.05) is 4.57 Å². The first-order valence-electron chi connectivity index (χ1n) is 8.85. The van der Waals surface area contributed by atoms with Crippen molar-refractivity contribution in [1.82, 2.24) is 0 Å². The summed E-state index contributed by atoms with van der Waals surface area (Å²) in [4.78, 5) is 0. The highest BCUT2D eigenvalue weighted by atomic mass is 31.1. The average molecular weight is 433 g/mol. The van der Waals surface area contributed by atoms with Crippen molar-refractivity contribution in [3.8, 4) is 0 Å². The van der Waals surface area contributed by atoms with E-state index in [9.17, 15) is 22.1 Å². The number of benzene rings is 4. The van der Waals surface area contributed by atoms with E-state index in [2.05, 4.69) is 9.05 Å². The van der Waals surface area contributed by atoms with Crippen LogP contribution < -0.4 is 0 Å². The summed E-state index contributed by atoms with van der Waals surface area (Å²) >= 11 is 0. The minimum absolute atomic E-state index is 0.147. The molecule has 0 N–H and O–H groups in total. The van der Waals surface area contributed by atoms with Gasteiger partial charge in [-0.25, -0.2) is 0 Å². The minimum atomic E-state index is -4.11. The number of rotatable bonds is 6. The summed E-state index contributed by atoms with van der Waals surface area (Å²) < 4.78 is 78.9. The zero-order chi connectivity index (χ0) is 21.4. The summed E-state index contributed by atoms with van der Waals surface area (Å²) in [7, 11) is -3.86. The fourth-order valence-electron chi connectivity index (χ4n) is 3.26. The average Bonchev–Trinajstić information content (AvgIpc) is 2.72. The van der Waals surface area contributed by atoms with Crippen LogP contribution in [0, 0.1) is 0 Å². The SMILES string of the molecule is O=[P+](OC(F)(F)c1cccc2ccccc12)OC(F)(F)c1cccc2ccccc12. The van der Waals surface area contributed by atoms with E-state index in [1.54, 1.807) is 48.5 Å². The van der Waals surface area contributed by atoms with Crippen LogP contribution in [0.4, 0.5) is 17.6 Å². The lowest BCUT2D eigenvalue weighted by atomic mass is 10.0. The number of fused-ring (bicyclic) bond motifs is 2. The highest BCUT2D eigenvalue weighted by Crippen LogP contribution is 2.48. The molecule has 0 spiro atoms. The third-order valence-corrected chi connectivity index (χ3v) is 5.34. The van der Waals surface area contributed by atoms with Gasteiger partial charge in [-0.05, 0) is 42.7 Å². The molecule has 3 nitrogen and oxygen atoms in total. The van der Waals surface area contributed by atoms with E-state index in [0.717, 1.165) is 12.1 Å². The van der Waals surface area contributed by atoms with Crippen molar-refractivity contribution in [3.05, 3.63) is 96.1 Å². The molecule has 0 bridgehead atoms. The van der Waals surface area contributed by atoms with Crippen LogP contribution in [0.1, 0.15) is 11.1 Å². The minimum Gasteiger partial charge on any atom is -0.167 e. The topological polar surface area (TPSA) is 35.5 Å². The first kappa shape index (κ1) is 20.4. The number of hydrogen-bond acceptors (Lipinski definition) is 3. The Balaban J connectivity index is 1.60. The second kappa shape index (κ2) is 7.76. The van der Waals surface area contributed by atoms with Gasteiger partial charge in [-0.3, -0.25) is 0 Å². The summed E-state index contributed by atoms with van der Waals surface area (Å²) in [6.07, 6.45) is -8.22. The lowest BCUT2D eigenvalue weighted by Gasteiger charge is -2.15. The molecular formula is C22H14F4O3P+. The Morgan fingerprint density at radius 2 is 0.933 bits per heavy atom. The van der Waals surface area contributed by atoms with Crippen molar-refractivity contribution in [1.29, 1.82) is 0 Å². The Bertz CT molecular complexity index is 1140. The fourth-order valence-corrected chi connectivity index (χ4v) is 3.87. The molecule has 0 saturated carbocycles. The number of hydrogen-bond donors (Lipinski definition) is 0. The van der Waals surface area contributed by atoms with E-state index in [-0.39, 0.29) is 10.8 Å². The smallest absolute Gasteiger partial charge is 0.167 e. The molecule has 8 heteroatoms. The van der Waals surface area contributed by atoms with E-state index in [0.29, 0.717) is 10.8 Å². The van der Waals surface area contributed by atoms with E-state index in [1.165, 1.54) is 24.3 Å². The molecule has 0 fully saturated rings. The summed E-state index contributed by atoms with van der Waals surface area (Å²) in [5.74, 6) is 0. The van der Waals surface area contributed by atoms with Crippen LogP contribution in [-0.2, 0) is 25.8 Å². The molecule has 0 aliphatic heterocycles. The third-order valence-electron chi connectivity index (χ3n) is 4.58. The van der Waals surface area contributed by atoms with Crippen molar-refractivity contribution < 1.29 is 31.2 Å². The molecule has 30 heavy (non-hydrogen) atoms. The Labute approximate surface area is 169 Å². The molecular weight excluding hydrogens is 419 g/mol. The van der Waals surface area contributed by atoms with Gasteiger partial charge in [-0.1, -0.05) is 72.8 Å². The Hall–Kier alpha value is -2.86. The number of halogens is 4. The molecule has 0 radical (unpaired) electrons. The normalized spacial score (nSPS) is 12.4. The van der Waals surface area contributed by atoms with Crippen molar-refractivity contribution in [2.24, 2.45) is 0 Å². The lowest BCUT2D eigenvalue weighted by Crippen LogP contribution is -2.19. The van der Waals surface area contributed by atoms with Crippen molar-refractivity contribution >= 4 is 29.8 Å². The summed E-state index contributed by atoms with van der Waals surface area (Å²) in [5, 5.41) is 1.29. The van der Waals surface area contributed by atoms with E-state index in [1.807, 2.05) is 0 Å². The zero-order valence-electron chi connectivity index (χ0n) is 15.3. The van der Waals surface area contributed by atoms with Gasteiger partial charge in [0.15, 0.2) is 0 Å². The molecule has 0 aliphatic carbocycles. The second-order valence-corrected chi connectivity index (χ2v) is 7.31. The first-order chi connectivity index (χ1) is 14.3. The van der Waals surface area contributed by atoms with Gasteiger partial charge >= 0.3 is 20.5 Å². The molecule has 4 aromatic rings. The monoisotopic (exact) mass is 433 g/mol. The molecule has 0 saturated heterocycles. The fraction of sp³-hybridized carbons (Fsp3) is 0.0909.